The smallest absolute Gasteiger partial charge is 0.339 e. The van der Waals surface area contributed by atoms with Crippen molar-refractivity contribution in [2.24, 2.45) is 12.5 Å². The Labute approximate surface area is 271 Å². The van der Waals surface area contributed by atoms with E-state index in [0.717, 1.165) is 16.6 Å². The van der Waals surface area contributed by atoms with Crippen molar-refractivity contribution in [2.75, 3.05) is 0 Å². The third-order valence-corrected chi connectivity index (χ3v) is 11.4. The molecule has 252 valence electrons. The molecular formula is C32H28F6N6O3S. The topological polar surface area (TPSA) is 103 Å². The molecule has 3 aliphatic rings. The van der Waals surface area contributed by atoms with E-state index in [2.05, 4.69) is 15.1 Å². The van der Waals surface area contributed by atoms with Crippen LogP contribution in [0.15, 0.2) is 71.9 Å². The van der Waals surface area contributed by atoms with Crippen molar-refractivity contribution < 1.29 is 39.6 Å². The van der Waals surface area contributed by atoms with E-state index in [0.29, 0.717) is 28.6 Å². The Morgan fingerprint density at radius 2 is 1.77 bits per heavy atom. The van der Waals surface area contributed by atoms with Gasteiger partial charge >= 0.3 is 6.18 Å². The Kier molecular flexibility index (Phi) is 7.47. The van der Waals surface area contributed by atoms with Gasteiger partial charge in [-0.05, 0) is 73.7 Å². The summed E-state index contributed by atoms with van der Waals surface area (Å²) >= 11 is 0. The van der Waals surface area contributed by atoms with Crippen molar-refractivity contribution in [3.05, 3.63) is 95.2 Å². The second kappa shape index (κ2) is 11.1. The van der Waals surface area contributed by atoms with Crippen LogP contribution in [0.25, 0.3) is 11.8 Å². The van der Waals surface area contributed by atoms with Crippen LogP contribution in [0.5, 0.6) is 0 Å². The number of hydrogen-bond acceptors (Lipinski definition) is 6. The van der Waals surface area contributed by atoms with Crippen LogP contribution in [-0.2, 0) is 29.7 Å². The molecule has 0 aliphatic heterocycles. The SMILES string of the molecule is Cn1cnc(S(=O)(=O)N(C2CC(F)(F)C2)[C@H]2CCC3=Cc4c(cnn4-c4ccc(F)cc4)C[C@]3(C(=O)c3cc(C(F)(F)F)ccn3)C2)c1. The monoisotopic (exact) mass is 690 g/mol. The van der Waals surface area contributed by atoms with Crippen LogP contribution in [0, 0.1) is 11.2 Å². The number of nitrogens with zero attached hydrogens (tertiary/aromatic N) is 6. The van der Waals surface area contributed by atoms with E-state index >= 15 is 0 Å². The zero-order valence-electron chi connectivity index (χ0n) is 25.3. The van der Waals surface area contributed by atoms with E-state index in [1.807, 2.05) is 0 Å². The number of halogens is 6. The molecule has 0 unspecified atom stereocenters. The van der Waals surface area contributed by atoms with Crippen LogP contribution in [0.4, 0.5) is 26.3 Å². The average molecular weight is 691 g/mol. The van der Waals surface area contributed by atoms with Crippen molar-refractivity contribution in [3.63, 3.8) is 0 Å². The third kappa shape index (κ3) is 5.44. The molecule has 0 N–H and O–H groups in total. The Bertz CT molecular complexity index is 2050. The minimum atomic E-state index is -4.76. The third-order valence-electron chi connectivity index (χ3n) is 9.47. The van der Waals surface area contributed by atoms with E-state index < -0.39 is 75.3 Å². The highest BCUT2D eigenvalue weighted by molar-refractivity contribution is 7.89. The number of alkyl halides is 5. The summed E-state index contributed by atoms with van der Waals surface area (Å²) in [6, 6.07) is 4.93. The second-order valence-electron chi connectivity index (χ2n) is 12.7. The standard InChI is InChI=1S/C32H28F6N6O3S/c1-42-17-28(40-18-42)48(46,47)44(25-14-31(34,35)15-25)24-5-2-20-11-27-19(16-41-43(27)23-6-3-22(33)4-7-23)12-30(20,13-24)29(45)26-10-21(8-9-39-26)32(36,37)38/h3-4,6-11,16-18,24-25H,2,5,12-15H2,1H3/t24-,30-/m0/s1. The Morgan fingerprint density at radius 3 is 2.42 bits per heavy atom. The first kappa shape index (κ1) is 32.2. The normalized spacial score (nSPS) is 22.5. The predicted molar refractivity (Wildman–Crippen MR) is 159 cm³/mol. The van der Waals surface area contributed by atoms with E-state index in [1.54, 1.807) is 17.8 Å². The lowest BCUT2D eigenvalue weighted by Gasteiger charge is -2.50. The van der Waals surface area contributed by atoms with Crippen molar-refractivity contribution in [3.8, 4) is 5.69 Å². The molecule has 2 fully saturated rings. The second-order valence-corrected chi connectivity index (χ2v) is 14.4. The number of carbonyl (C=O) groups excluding carboxylic acids is 1. The number of sulfonamides is 1. The summed E-state index contributed by atoms with van der Waals surface area (Å²) in [4.78, 5) is 22.5. The number of benzene rings is 1. The number of imidazole rings is 1. The molecule has 0 spiro atoms. The largest absolute Gasteiger partial charge is 0.416 e. The first-order chi connectivity index (χ1) is 22.6. The van der Waals surface area contributed by atoms with Gasteiger partial charge in [0.1, 0.15) is 11.5 Å². The van der Waals surface area contributed by atoms with Gasteiger partial charge in [0.15, 0.2) is 10.8 Å². The molecule has 48 heavy (non-hydrogen) atoms. The number of allylic oxidation sites excluding steroid dienone is 1. The summed E-state index contributed by atoms with van der Waals surface area (Å²) in [5.41, 5.74) is -0.945. The van der Waals surface area contributed by atoms with Gasteiger partial charge in [0.05, 0.1) is 34.9 Å². The van der Waals surface area contributed by atoms with Crippen molar-refractivity contribution in [1.29, 1.82) is 0 Å². The molecule has 3 aromatic heterocycles. The van der Waals surface area contributed by atoms with Crippen molar-refractivity contribution >= 4 is 21.9 Å². The van der Waals surface area contributed by atoms with E-state index in [1.165, 1.54) is 47.6 Å². The van der Waals surface area contributed by atoms with Crippen LogP contribution < -0.4 is 0 Å². The summed E-state index contributed by atoms with van der Waals surface area (Å²) < 4.78 is 115. The number of carbonyl (C=O) groups is 1. The Morgan fingerprint density at radius 1 is 1.04 bits per heavy atom. The van der Waals surface area contributed by atoms with E-state index in [4.69, 9.17) is 0 Å². The number of rotatable bonds is 7. The molecule has 0 radical (unpaired) electrons. The Hall–Kier alpha value is -4.31. The number of fused-ring (bicyclic) bond motifs is 2. The molecule has 4 aromatic rings. The zero-order chi connectivity index (χ0) is 34.2. The van der Waals surface area contributed by atoms with E-state index in [-0.39, 0.29) is 30.7 Å². The zero-order valence-corrected chi connectivity index (χ0v) is 26.1. The molecule has 0 amide bonds. The maximum Gasteiger partial charge on any atom is 0.416 e. The van der Waals surface area contributed by atoms with Crippen LogP contribution in [0.2, 0.25) is 0 Å². The minimum Gasteiger partial charge on any atom is -0.339 e. The fourth-order valence-corrected chi connectivity index (χ4v) is 9.01. The average Bonchev–Trinajstić information content (AvgIpc) is 3.65. The quantitative estimate of drug-likeness (QED) is 0.174. The lowest BCUT2D eigenvalue weighted by molar-refractivity contribution is -0.137. The molecule has 1 aromatic carbocycles. The van der Waals surface area contributed by atoms with E-state index in [9.17, 15) is 39.6 Å². The Balaban J connectivity index is 1.34. The van der Waals surface area contributed by atoms with Gasteiger partial charge in [0, 0.05) is 44.4 Å². The molecule has 0 saturated heterocycles. The predicted octanol–water partition coefficient (Wildman–Crippen LogP) is 6.01. The molecule has 9 nitrogen and oxygen atoms in total. The fourth-order valence-electron chi connectivity index (χ4n) is 7.20. The molecule has 0 bridgehead atoms. The van der Waals surface area contributed by atoms with Crippen molar-refractivity contribution in [2.45, 2.75) is 67.7 Å². The van der Waals surface area contributed by atoms with Gasteiger partial charge in [0.25, 0.3) is 15.9 Å². The summed E-state index contributed by atoms with van der Waals surface area (Å²) in [7, 11) is -2.88. The summed E-state index contributed by atoms with van der Waals surface area (Å²) in [5.74, 6) is -4.28. The van der Waals surface area contributed by atoms with Gasteiger partial charge in [-0.2, -0.15) is 22.6 Å². The molecule has 2 atom stereocenters. The lowest BCUT2D eigenvalue weighted by Crippen LogP contribution is -2.59. The van der Waals surface area contributed by atoms with Crippen molar-refractivity contribution in [1.82, 2.24) is 28.6 Å². The molecular weight excluding hydrogens is 662 g/mol. The van der Waals surface area contributed by atoms with Gasteiger partial charge in [-0.25, -0.2) is 31.3 Å². The number of aryl methyl sites for hydroxylation is 1. The maximum absolute atomic E-state index is 14.6. The number of ketones is 1. The van der Waals surface area contributed by atoms with Gasteiger partial charge in [-0.3, -0.25) is 9.78 Å². The van der Waals surface area contributed by atoms with Gasteiger partial charge in [-0.15, -0.1) is 0 Å². The van der Waals surface area contributed by atoms with Crippen LogP contribution in [-0.4, -0.2) is 60.8 Å². The first-order valence-electron chi connectivity index (χ1n) is 15.1. The lowest BCUT2D eigenvalue weighted by atomic mass is 9.60. The van der Waals surface area contributed by atoms with Gasteiger partial charge in [0.2, 0.25) is 0 Å². The van der Waals surface area contributed by atoms with Gasteiger partial charge < -0.3 is 4.57 Å². The summed E-state index contributed by atoms with van der Waals surface area (Å²) in [6.07, 6.45) is 0.438. The molecule has 2 saturated carbocycles. The molecule has 7 rings (SSSR count). The highest BCUT2D eigenvalue weighted by atomic mass is 32.2. The van der Waals surface area contributed by atoms with Gasteiger partial charge in [-0.1, -0.05) is 5.57 Å². The summed E-state index contributed by atoms with van der Waals surface area (Å²) in [6.45, 7) is 0. The number of pyridine rings is 1. The maximum atomic E-state index is 14.6. The molecule has 3 aliphatic carbocycles. The first-order valence-corrected chi connectivity index (χ1v) is 16.5. The highest BCUT2D eigenvalue weighted by Gasteiger charge is 2.57. The van der Waals surface area contributed by atoms with Crippen LogP contribution >= 0.6 is 0 Å². The minimum absolute atomic E-state index is 0.0685. The summed E-state index contributed by atoms with van der Waals surface area (Å²) in [5, 5.41) is 4.10. The molecule has 16 heteroatoms. The highest BCUT2D eigenvalue weighted by Crippen LogP contribution is 2.53. The van der Waals surface area contributed by atoms with Crippen LogP contribution in [0.3, 0.4) is 0 Å². The number of Topliss-reactive ketones (excluding diaryl/α,β-unsaturated/α-hetero) is 1. The fraction of sp³-hybridized carbons (Fsp3) is 0.375. The number of hydrogen-bond donors (Lipinski definition) is 0. The molecule has 3 heterocycles. The number of aromatic nitrogens is 5. The van der Waals surface area contributed by atoms with Crippen LogP contribution in [0.1, 0.15) is 59.4 Å².